The normalized spacial score (nSPS) is 15.8. The van der Waals surface area contributed by atoms with Crippen LogP contribution in [0.25, 0.3) is 5.78 Å². The van der Waals surface area contributed by atoms with Crippen LogP contribution in [-0.2, 0) is 6.54 Å². The largest absolute Gasteiger partial charge is 0.356 e. The van der Waals surface area contributed by atoms with Gasteiger partial charge in [0.2, 0.25) is 0 Å². The number of nitrogens with zero attached hydrogens (tertiary/aromatic N) is 7. The number of anilines is 1. The van der Waals surface area contributed by atoms with Crippen LogP contribution in [0.15, 0.2) is 29.6 Å². The predicted octanol–water partition coefficient (Wildman–Crippen LogP) is 1.84. The number of hydrogen-bond acceptors (Lipinski definition) is 6. The van der Waals surface area contributed by atoms with Gasteiger partial charge in [-0.1, -0.05) is 0 Å². The molecule has 0 unspecified atom stereocenters. The van der Waals surface area contributed by atoms with Crippen molar-refractivity contribution in [2.24, 2.45) is 5.92 Å². The second kappa shape index (κ2) is 7.01. The lowest BCUT2D eigenvalue weighted by molar-refractivity contribution is 0.145. The molecule has 3 aromatic heterocycles. The first kappa shape index (κ1) is 17.5. The van der Waals surface area contributed by atoms with E-state index in [4.69, 9.17) is 0 Å². The zero-order chi connectivity index (χ0) is 19.0. The summed E-state index contributed by atoms with van der Waals surface area (Å²) in [4.78, 5) is 26.4. The Labute approximate surface area is 153 Å². The van der Waals surface area contributed by atoms with Gasteiger partial charge in [-0.3, -0.25) is 9.36 Å². The van der Waals surface area contributed by atoms with Crippen molar-refractivity contribution in [3.05, 3.63) is 46.5 Å². The van der Waals surface area contributed by atoms with Crippen molar-refractivity contribution in [2.45, 2.75) is 32.7 Å². The molecular formula is C17H19F2N7O. The molecule has 4 rings (SSSR count). The molecule has 27 heavy (non-hydrogen) atoms. The molecule has 0 bridgehead atoms. The van der Waals surface area contributed by atoms with E-state index < -0.39 is 17.7 Å². The minimum atomic E-state index is -2.73. The van der Waals surface area contributed by atoms with Crippen LogP contribution < -0.4 is 10.5 Å². The van der Waals surface area contributed by atoms with E-state index in [2.05, 4.69) is 25.0 Å². The van der Waals surface area contributed by atoms with Crippen molar-refractivity contribution in [1.82, 2.24) is 29.1 Å². The highest BCUT2D eigenvalue weighted by Crippen LogP contribution is 2.24. The third-order valence-corrected chi connectivity index (χ3v) is 4.88. The molecule has 142 valence electrons. The van der Waals surface area contributed by atoms with Gasteiger partial charge >= 0.3 is 0 Å². The van der Waals surface area contributed by atoms with Crippen LogP contribution in [-0.4, -0.2) is 42.2 Å². The fourth-order valence-corrected chi connectivity index (χ4v) is 3.46. The number of hydrogen-bond donors (Lipinski definition) is 0. The lowest BCUT2D eigenvalue weighted by Gasteiger charge is -2.33. The van der Waals surface area contributed by atoms with Crippen LogP contribution in [0.4, 0.5) is 14.6 Å². The first-order valence-electron chi connectivity index (χ1n) is 8.78. The molecular weight excluding hydrogens is 356 g/mol. The molecule has 1 aliphatic heterocycles. The van der Waals surface area contributed by atoms with Crippen LogP contribution in [0, 0.1) is 12.8 Å². The topological polar surface area (TPSA) is 81.2 Å². The van der Waals surface area contributed by atoms with E-state index in [1.807, 2.05) is 13.0 Å². The highest BCUT2D eigenvalue weighted by molar-refractivity contribution is 5.47. The third-order valence-electron chi connectivity index (χ3n) is 4.88. The number of rotatable bonds is 4. The Balaban J connectivity index is 1.45. The molecule has 0 spiro atoms. The lowest BCUT2D eigenvalue weighted by Crippen LogP contribution is -2.37. The summed E-state index contributed by atoms with van der Waals surface area (Å²) in [7, 11) is 0. The minimum absolute atomic E-state index is 0.285. The summed E-state index contributed by atoms with van der Waals surface area (Å²) < 4.78 is 28.4. The molecule has 0 atom stereocenters. The average molecular weight is 375 g/mol. The van der Waals surface area contributed by atoms with E-state index in [1.54, 1.807) is 4.52 Å². The van der Waals surface area contributed by atoms with Gasteiger partial charge in [0.05, 0.1) is 6.33 Å². The highest BCUT2D eigenvalue weighted by Gasteiger charge is 2.23. The van der Waals surface area contributed by atoms with Crippen molar-refractivity contribution >= 4 is 11.6 Å². The van der Waals surface area contributed by atoms with Gasteiger partial charge in [0.15, 0.2) is 0 Å². The minimum Gasteiger partial charge on any atom is -0.356 e. The zero-order valence-corrected chi connectivity index (χ0v) is 14.8. The Kier molecular flexibility index (Phi) is 4.54. The van der Waals surface area contributed by atoms with E-state index >= 15 is 0 Å². The second-order valence-corrected chi connectivity index (χ2v) is 6.76. The molecule has 1 saturated heterocycles. The van der Waals surface area contributed by atoms with E-state index in [1.165, 1.54) is 17.2 Å². The first-order chi connectivity index (χ1) is 13.0. The monoisotopic (exact) mass is 375 g/mol. The molecule has 0 amide bonds. The molecule has 0 aliphatic carbocycles. The second-order valence-electron chi connectivity index (χ2n) is 6.76. The lowest BCUT2D eigenvalue weighted by atomic mass is 9.96. The van der Waals surface area contributed by atoms with Crippen LogP contribution in [0.2, 0.25) is 0 Å². The van der Waals surface area contributed by atoms with Crippen LogP contribution >= 0.6 is 0 Å². The maximum atomic E-state index is 12.6. The Hall–Kier alpha value is -2.91. The van der Waals surface area contributed by atoms with E-state index in [0.717, 1.165) is 43.5 Å². The molecule has 0 aromatic carbocycles. The molecule has 3 aromatic rings. The van der Waals surface area contributed by atoms with Crippen molar-refractivity contribution in [1.29, 1.82) is 0 Å². The van der Waals surface area contributed by atoms with Crippen LogP contribution in [0.3, 0.4) is 0 Å². The maximum absolute atomic E-state index is 12.6. The van der Waals surface area contributed by atoms with Gasteiger partial charge in [-0.2, -0.15) is 14.6 Å². The number of alkyl halides is 2. The Morgan fingerprint density at radius 1 is 1.22 bits per heavy atom. The molecule has 8 nitrogen and oxygen atoms in total. The zero-order valence-electron chi connectivity index (χ0n) is 14.8. The Morgan fingerprint density at radius 2 is 2.00 bits per heavy atom. The molecule has 10 heteroatoms. The summed E-state index contributed by atoms with van der Waals surface area (Å²) in [6.07, 6.45) is 1.73. The molecule has 0 N–H and O–H groups in total. The number of halogens is 2. The standard InChI is InChI=1S/C17H19F2N7O/c1-11-6-14(26-17(23-11)20-9-22-26)24-4-2-12(3-5-24)8-25-10-21-13(16(18)19)7-15(25)27/h6-7,9-10,12,16H,2-5,8H2,1H3. The van der Waals surface area contributed by atoms with Crippen molar-refractivity contribution in [2.75, 3.05) is 18.0 Å². The molecule has 4 heterocycles. The average Bonchev–Trinajstić information content (AvgIpc) is 3.11. The van der Waals surface area contributed by atoms with Crippen molar-refractivity contribution in [3.63, 3.8) is 0 Å². The fourth-order valence-electron chi connectivity index (χ4n) is 3.46. The van der Waals surface area contributed by atoms with Crippen LogP contribution in [0.1, 0.15) is 30.7 Å². The fraction of sp³-hybridized carbons (Fsp3) is 0.471. The summed E-state index contributed by atoms with van der Waals surface area (Å²) in [5.74, 6) is 1.81. The van der Waals surface area contributed by atoms with Gasteiger partial charge in [0, 0.05) is 37.5 Å². The van der Waals surface area contributed by atoms with Crippen molar-refractivity contribution in [3.8, 4) is 0 Å². The number of aromatic nitrogens is 6. The van der Waals surface area contributed by atoms with E-state index in [9.17, 15) is 13.6 Å². The smallest absolute Gasteiger partial charge is 0.280 e. The molecule has 1 fully saturated rings. The molecule has 0 saturated carbocycles. The molecule has 0 radical (unpaired) electrons. The Morgan fingerprint density at radius 3 is 2.70 bits per heavy atom. The number of aryl methyl sites for hydroxylation is 1. The van der Waals surface area contributed by atoms with Gasteiger partial charge in [-0.25, -0.2) is 18.7 Å². The number of fused-ring (bicyclic) bond motifs is 1. The molecule has 1 aliphatic rings. The van der Waals surface area contributed by atoms with Crippen LogP contribution in [0.5, 0.6) is 0 Å². The van der Waals surface area contributed by atoms with E-state index in [0.29, 0.717) is 12.3 Å². The maximum Gasteiger partial charge on any atom is 0.280 e. The quantitative estimate of drug-likeness (QED) is 0.692. The summed E-state index contributed by atoms with van der Waals surface area (Å²) in [5, 5.41) is 4.24. The van der Waals surface area contributed by atoms with Gasteiger partial charge in [0.1, 0.15) is 17.8 Å². The number of piperidine rings is 1. The SMILES string of the molecule is Cc1cc(N2CCC(Cn3cnc(C(F)F)cc3=O)CC2)n2ncnc2n1. The summed E-state index contributed by atoms with van der Waals surface area (Å²) in [6.45, 7) is 4.02. The summed E-state index contributed by atoms with van der Waals surface area (Å²) in [6, 6.07) is 2.90. The Bertz CT molecular complexity index is 1010. The highest BCUT2D eigenvalue weighted by atomic mass is 19.3. The predicted molar refractivity (Wildman–Crippen MR) is 93.9 cm³/mol. The summed E-state index contributed by atoms with van der Waals surface area (Å²) >= 11 is 0. The van der Waals surface area contributed by atoms with Gasteiger partial charge in [-0.05, 0) is 25.7 Å². The van der Waals surface area contributed by atoms with Gasteiger partial charge < -0.3 is 4.90 Å². The van der Waals surface area contributed by atoms with E-state index in [-0.39, 0.29) is 5.92 Å². The third kappa shape index (κ3) is 3.51. The first-order valence-corrected chi connectivity index (χ1v) is 8.78. The van der Waals surface area contributed by atoms with Gasteiger partial charge in [0.25, 0.3) is 17.8 Å². The van der Waals surface area contributed by atoms with Crippen molar-refractivity contribution < 1.29 is 8.78 Å². The summed E-state index contributed by atoms with van der Waals surface area (Å²) in [5.41, 5.74) is -0.0304. The van der Waals surface area contributed by atoms with Gasteiger partial charge in [-0.15, -0.1) is 0 Å².